The van der Waals surface area contributed by atoms with Gasteiger partial charge in [-0.3, -0.25) is 9.78 Å². The van der Waals surface area contributed by atoms with Crippen LogP contribution in [0.1, 0.15) is 30.1 Å². The first-order chi connectivity index (χ1) is 8.68. The third-order valence-corrected chi connectivity index (χ3v) is 2.65. The average Bonchev–Trinajstić information content (AvgIpc) is 2.78. The van der Waals surface area contributed by atoms with Crippen LogP contribution < -0.4 is 5.32 Å². The van der Waals surface area contributed by atoms with Gasteiger partial charge in [-0.1, -0.05) is 0 Å². The number of amides is 1. The number of nitrogens with zero attached hydrogens (tertiary/aromatic N) is 3. The molecule has 96 valence electrons. The Labute approximate surface area is 105 Å². The van der Waals surface area contributed by atoms with E-state index in [4.69, 9.17) is 5.11 Å². The molecule has 1 atom stereocenters. The van der Waals surface area contributed by atoms with Crippen molar-refractivity contribution in [3.05, 3.63) is 30.4 Å². The Balaban J connectivity index is 1.97. The Morgan fingerprint density at radius 2 is 2.39 bits per heavy atom. The second-order valence-corrected chi connectivity index (χ2v) is 4.21. The molecule has 2 heterocycles. The highest BCUT2D eigenvalue weighted by molar-refractivity contribution is 6.00. The molecule has 1 amide bonds. The summed E-state index contributed by atoms with van der Waals surface area (Å²) in [4.78, 5) is 15.9. The maximum absolute atomic E-state index is 11.9. The maximum Gasteiger partial charge on any atom is 0.255 e. The van der Waals surface area contributed by atoms with Crippen LogP contribution in [0.3, 0.4) is 0 Å². The predicted molar refractivity (Wildman–Crippen MR) is 66.2 cm³/mol. The SMILES string of the molecule is CC(O)CCCNC(=O)c1cnn2ccncc12. The molecule has 0 saturated carbocycles. The van der Waals surface area contributed by atoms with E-state index in [0.29, 0.717) is 24.0 Å². The van der Waals surface area contributed by atoms with E-state index in [1.54, 1.807) is 30.0 Å². The molecule has 0 aliphatic rings. The van der Waals surface area contributed by atoms with Gasteiger partial charge in [0, 0.05) is 18.9 Å². The number of aliphatic hydroxyl groups is 1. The minimum atomic E-state index is -0.330. The fourth-order valence-electron chi connectivity index (χ4n) is 1.70. The van der Waals surface area contributed by atoms with Gasteiger partial charge < -0.3 is 10.4 Å². The molecule has 0 aliphatic heterocycles. The third kappa shape index (κ3) is 2.84. The van der Waals surface area contributed by atoms with E-state index >= 15 is 0 Å². The number of carbonyl (C=O) groups excluding carboxylic acids is 1. The largest absolute Gasteiger partial charge is 0.393 e. The van der Waals surface area contributed by atoms with Crippen LogP contribution in [0.15, 0.2) is 24.8 Å². The Kier molecular flexibility index (Phi) is 3.88. The number of hydrogen-bond acceptors (Lipinski definition) is 4. The van der Waals surface area contributed by atoms with Gasteiger partial charge in [0.2, 0.25) is 0 Å². The maximum atomic E-state index is 11.9. The van der Waals surface area contributed by atoms with Crippen molar-refractivity contribution in [2.45, 2.75) is 25.9 Å². The number of fused-ring (bicyclic) bond motifs is 1. The third-order valence-electron chi connectivity index (χ3n) is 2.65. The lowest BCUT2D eigenvalue weighted by molar-refractivity contribution is 0.0951. The molecule has 2 aromatic rings. The summed E-state index contributed by atoms with van der Waals surface area (Å²) in [7, 11) is 0. The van der Waals surface area contributed by atoms with Gasteiger partial charge in [-0.25, -0.2) is 4.52 Å². The van der Waals surface area contributed by atoms with Gasteiger partial charge >= 0.3 is 0 Å². The van der Waals surface area contributed by atoms with Crippen molar-refractivity contribution in [3.63, 3.8) is 0 Å². The molecule has 6 nitrogen and oxygen atoms in total. The van der Waals surface area contributed by atoms with E-state index in [9.17, 15) is 4.79 Å². The van der Waals surface area contributed by atoms with Crippen LogP contribution in [0.5, 0.6) is 0 Å². The number of rotatable bonds is 5. The Morgan fingerprint density at radius 1 is 1.56 bits per heavy atom. The van der Waals surface area contributed by atoms with E-state index in [2.05, 4.69) is 15.4 Å². The van der Waals surface area contributed by atoms with Gasteiger partial charge in [-0.2, -0.15) is 5.10 Å². The van der Waals surface area contributed by atoms with Crippen LogP contribution in [-0.2, 0) is 0 Å². The highest BCUT2D eigenvalue weighted by Crippen LogP contribution is 2.08. The second-order valence-electron chi connectivity index (χ2n) is 4.21. The zero-order chi connectivity index (χ0) is 13.0. The molecule has 18 heavy (non-hydrogen) atoms. The van der Waals surface area contributed by atoms with Crippen molar-refractivity contribution in [1.29, 1.82) is 0 Å². The van der Waals surface area contributed by atoms with Crippen LogP contribution >= 0.6 is 0 Å². The van der Waals surface area contributed by atoms with Crippen LogP contribution in [-0.4, -0.2) is 38.3 Å². The molecule has 2 N–H and O–H groups in total. The van der Waals surface area contributed by atoms with Gasteiger partial charge in [-0.15, -0.1) is 0 Å². The molecule has 2 rings (SSSR count). The van der Waals surface area contributed by atoms with E-state index in [-0.39, 0.29) is 12.0 Å². The summed E-state index contributed by atoms with van der Waals surface area (Å²) in [6.45, 7) is 2.28. The number of nitrogens with one attached hydrogen (secondary N) is 1. The van der Waals surface area contributed by atoms with Gasteiger partial charge in [0.15, 0.2) is 0 Å². The van der Waals surface area contributed by atoms with Crippen molar-refractivity contribution in [2.24, 2.45) is 0 Å². The normalized spacial score (nSPS) is 12.6. The first-order valence-electron chi connectivity index (χ1n) is 5.92. The number of carbonyl (C=O) groups is 1. The summed E-state index contributed by atoms with van der Waals surface area (Å²) >= 11 is 0. The molecule has 0 aliphatic carbocycles. The molecule has 6 heteroatoms. The van der Waals surface area contributed by atoms with Crippen molar-refractivity contribution in [1.82, 2.24) is 19.9 Å². The summed E-state index contributed by atoms with van der Waals surface area (Å²) in [5, 5.41) is 16.0. The number of aromatic nitrogens is 3. The Hall–Kier alpha value is -1.95. The van der Waals surface area contributed by atoms with E-state index in [1.165, 1.54) is 6.20 Å². The van der Waals surface area contributed by atoms with Crippen molar-refractivity contribution >= 4 is 11.4 Å². The first-order valence-corrected chi connectivity index (χ1v) is 5.92. The zero-order valence-electron chi connectivity index (χ0n) is 10.2. The van der Waals surface area contributed by atoms with Gasteiger partial charge in [0.25, 0.3) is 5.91 Å². The van der Waals surface area contributed by atoms with Crippen molar-refractivity contribution in [3.8, 4) is 0 Å². The van der Waals surface area contributed by atoms with Crippen molar-refractivity contribution < 1.29 is 9.90 Å². The smallest absolute Gasteiger partial charge is 0.255 e. The van der Waals surface area contributed by atoms with Crippen LogP contribution in [0.25, 0.3) is 5.52 Å². The molecular weight excluding hydrogens is 232 g/mol. The quantitative estimate of drug-likeness (QED) is 0.760. The van der Waals surface area contributed by atoms with E-state index in [0.717, 1.165) is 6.42 Å². The molecule has 0 saturated heterocycles. The lowest BCUT2D eigenvalue weighted by atomic mass is 10.2. The molecule has 0 radical (unpaired) electrons. The van der Waals surface area contributed by atoms with Crippen molar-refractivity contribution in [2.75, 3.05) is 6.54 Å². The fraction of sp³-hybridized carbons (Fsp3) is 0.417. The zero-order valence-corrected chi connectivity index (χ0v) is 10.2. The van der Waals surface area contributed by atoms with Gasteiger partial charge in [-0.05, 0) is 19.8 Å². The first kappa shape index (κ1) is 12.5. The van der Waals surface area contributed by atoms with Gasteiger partial charge in [0.05, 0.1) is 29.6 Å². The predicted octanol–water partition coefficient (Wildman–Crippen LogP) is 0.620. The minimum absolute atomic E-state index is 0.163. The molecule has 0 aromatic carbocycles. The summed E-state index contributed by atoms with van der Waals surface area (Å²) in [6.07, 6.45) is 7.54. The molecular formula is C12H16N4O2. The minimum Gasteiger partial charge on any atom is -0.393 e. The lowest BCUT2D eigenvalue weighted by Gasteiger charge is -2.05. The van der Waals surface area contributed by atoms with E-state index in [1.807, 2.05) is 0 Å². The highest BCUT2D eigenvalue weighted by Gasteiger charge is 2.11. The summed E-state index contributed by atoms with van der Waals surface area (Å²) in [6, 6.07) is 0. The van der Waals surface area contributed by atoms with Crippen LogP contribution in [0.4, 0.5) is 0 Å². The van der Waals surface area contributed by atoms with Crippen LogP contribution in [0.2, 0.25) is 0 Å². The lowest BCUT2D eigenvalue weighted by Crippen LogP contribution is -2.24. The molecule has 0 fully saturated rings. The summed E-state index contributed by atoms with van der Waals surface area (Å²) < 4.78 is 1.61. The fourth-order valence-corrected chi connectivity index (χ4v) is 1.70. The van der Waals surface area contributed by atoms with Crippen LogP contribution in [0, 0.1) is 0 Å². The Bertz CT molecular complexity index is 536. The number of hydrogen-bond donors (Lipinski definition) is 2. The topological polar surface area (TPSA) is 79.5 Å². The average molecular weight is 248 g/mol. The van der Waals surface area contributed by atoms with E-state index < -0.39 is 0 Å². The number of aliphatic hydroxyl groups excluding tert-OH is 1. The molecule has 1 unspecified atom stereocenters. The summed E-state index contributed by atoms with van der Waals surface area (Å²) in [5.41, 5.74) is 1.20. The Morgan fingerprint density at radius 3 is 3.17 bits per heavy atom. The molecule has 0 bridgehead atoms. The second kappa shape index (κ2) is 5.59. The highest BCUT2D eigenvalue weighted by atomic mass is 16.3. The standard InChI is InChI=1S/C12H16N4O2/c1-9(17)3-2-4-14-12(18)10-7-15-16-6-5-13-8-11(10)16/h5-9,17H,2-4H2,1H3,(H,14,18). The molecule has 0 spiro atoms. The molecule has 2 aromatic heterocycles. The summed E-state index contributed by atoms with van der Waals surface area (Å²) in [5.74, 6) is -0.163. The monoisotopic (exact) mass is 248 g/mol. The van der Waals surface area contributed by atoms with Gasteiger partial charge in [0.1, 0.15) is 0 Å².